The van der Waals surface area contributed by atoms with Gasteiger partial charge in [-0.25, -0.2) is 4.68 Å². The molecule has 5 N–H and O–H groups in total. The van der Waals surface area contributed by atoms with Gasteiger partial charge in [0.25, 0.3) is 0 Å². The minimum Gasteiger partial charge on any atom is -0.397 e. The van der Waals surface area contributed by atoms with Crippen molar-refractivity contribution >= 4 is 29.2 Å². The number of hydrogen-bond acceptors (Lipinski definition) is 6. The Morgan fingerprint density at radius 3 is 2.43 bits per heavy atom. The first-order chi connectivity index (χ1) is 14.3. The SMILES string of the molecule is CCC(N)C(=O)Nc1c(C)c(-c2cnc(C)c(N)c2)nn1-c1ccccc1.CSC. The summed E-state index contributed by atoms with van der Waals surface area (Å²) in [4.78, 5) is 16.7. The zero-order valence-corrected chi connectivity index (χ0v) is 19.0. The number of nitrogen functional groups attached to an aromatic ring is 1. The minimum atomic E-state index is -0.580. The molecule has 7 nitrogen and oxygen atoms in total. The second kappa shape index (κ2) is 10.8. The molecule has 2 heterocycles. The molecule has 0 saturated carbocycles. The summed E-state index contributed by atoms with van der Waals surface area (Å²) in [5.41, 5.74) is 16.4. The first-order valence-corrected chi connectivity index (χ1v) is 11.3. The Kier molecular flexibility index (Phi) is 8.44. The van der Waals surface area contributed by atoms with Crippen LogP contribution in [0, 0.1) is 13.8 Å². The molecule has 1 amide bonds. The highest BCUT2D eigenvalue weighted by Gasteiger charge is 2.21. The number of carbonyl (C=O) groups excluding carboxylic acids is 1. The molecule has 1 aromatic carbocycles. The quantitative estimate of drug-likeness (QED) is 0.572. The third-order valence-corrected chi connectivity index (χ3v) is 4.54. The molecule has 2 aromatic heterocycles. The molecule has 1 atom stereocenters. The molecule has 0 fully saturated rings. The molecule has 3 aromatic rings. The van der Waals surface area contributed by atoms with Gasteiger partial charge in [-0.3, -0.25) is 9.78 Å². The zero-order chi connectivity index (χ0) is 22.3. The summed E-state index contributed by atoms with van der Waals surface area (Å²) in [5, 5.41) is 7.65. The molecule has 160 valence electrons. The van der Waals surface area contributed by atoms with E-state index < -0.39 is 6.04 Å². The Bertz CT molecular complexity index is 987. The summed E-state index contributed by atoms with van der Waals surface area (Å²) in [6.45, 7) is 5.63. The number of nitrogens with one attached hydrogen (secondary N) is 1. The average Bonchev–Trinajstić information content (AvgIpc) is 3.07. The largest absolute Gasteiger partial charge is 0.397 e. The van der Waals surface area contributed by atoms with Crippen LogP contribution in [0.2, 0.25) is 0 Å². The lowest BCUT2D eigenvalue weighted by Crippen LogP contribution is -2.35. The van der Waals surface area contributed by atoms with Gasteiger partial charge >= 0.3 is 0 Å². The zero-order valence-electron chi connectivity index (χ0n) is 18.1. The van der Waals surface area contributed by atoms with Crippen molar-refractivity contribution in [1.29, 1.82) is 0 Å². The van der Waals surface area contributed by atoms with Gasteiger partial charge in [0.15, 0.2) is 0 Å². The number of pyridine rings is 1. The Labute approximate surface area is 182 Å². The van der Waals surface area contributed by atoms with Crippen LogP contribution in [0.25, 0.3) is 16.9 Å². The summed E-state index contributed by atoms with van der Waals surface area (Å²) < 4.78 is 1.71. The van der Waals surface area contributed by atoms with Crippen LogP contribution in [0.5, 0.6) is 0 Å². The van der Waals surface area contributed by atoms with Crippen molar-refractivity contribution in [3.05, 3.63) is 53.9 Å². The molecule has 0 aliphatic rings. The van der Waals surface area contributed by atoms with E-state index in [0.29, 0.717) is 23.6 Å². The monoisotopic (exact) mass is 426 g/mol. The van der Waals surface area contributed by atoms with Crippen LogP contribution >= 0.6 is 11.8 Å². The molecule has 30 heavy (non-hydrogen) atoms. The molecular weight excluding hydrogens is 396 g/mol. The van der Waals surface area contributed by atoms with Crippen molar-refractivity contribution in [3.63, 3.8) is 0 Å². The molecule has 8 heteroatoms. The molecule has 0 aliphatic carbocycles. The predicted octanol–water partition coefficient (Wildman–Crippen LogP) is 3.79. The van der Waals surface area contributed by atoms with Crippen LogP contribution < -0.4 is 16.8 Å². The number of thioether (sulfide) groups is 1. The van der Waals surface area contributed by atoms with Crippen molar-refractivity contribution in [1.82, 2.24) is 14.8 Å². The van der Waals surface area contributed by atoms with E-state index in [1.165, 1.54) is 0 Å². The summed E-state index contributed by atoms with van der Waals surface area (Å²) in [6.07, 6.45) is 6.37. The van der Waals surface area contributed by atoms with Crippen molar-refractivity contribution in [2.75, 3.05) is 23.6 Å². The summed E-state index contributed by atoms with van der Waals surface area (Å²) in [5.74, 6) is 0.343. The van der Waals surface area contributed by atoms with E-state index in [-0.39, 0.29) is 5.91 Å². The lowest BCUT2D eigenvalue weighted by Gasteiger charge is -2.13. The average molecular weight is 427 g/mol. The van der Waals surface area contributed by atoms with Gasteiger partial charge in [-0.15, -0.1) is 0 Å². The van der Waals surface area contributed by atoms with Gasteiger partial charge < -0.3 is 16.8 Å². The van der Waals surface area contributed by atoms with Gasteiger partial charge in [0.05, 0.1) is 28.8 Å². The Morgan fingerprint density at radius 1 is 1.23 bits per heavy atom. The second-order valence-electron chi connectivity index (χ2n) is 6.88. The minimum absolute atomic E-state index is 0.245. The second-order valence-corrected chi connectivity index (χ2v) is 7.70. The maximum absolute atomic E-state index is 12.4. The summed E-state index contributed by atoms with van der Waals surface area (Å²) in [7, 11) is 0. The Balaban J connectivity index is 0.00000101. The number of anilines is 2. The standard InChI is InChI=1S/C20H24N6O.C2H6S/c1-4-16(21)20(27)24-19-12(2)18(14-10-17(22)13(3)23-11-14)25-26(19)15-8-6-5-7-9-15;1-3-2/h5-11,16H,4,21-22H2,1-3H3,(H,24,27);1-2H3. The van der Waals surface area contributed by atoms with Gasteiger partial charge in [-0.1, -0.05) is 25.1 Å². The van der Waals surface area contributed by atoms with Gasteiger partial charge in [0, 0.05) is 17.3 Å². The van der Waals surface area contributed by atoms with Crippen molar-refractivity contribution < 1.29 is 4.79 Å². The highest BCUT2D eigenvalue weighted by molar-refractivity contribution is 7.97. The van der Waals surface area contributed by atoms with E-state index in [2.05, 4.69) is 10.3 Å². The van der Waals surface area contributed by atoms with Gasteiger partial charge in [0.1, 0.15) is 5.82 Å². The maximum Gasteiger partial charge on any atom is 0.242 e. The molecule has 0 aliphatic heterocycles. The molecular formula is C22H30N6OS. The van der Waals surface area contributed by atoms with Crippen LogP contribution in [-0.2, 0) is 4.79 Å². The highest BCUT2D eigenvalue weighted by Crippen LogP contribution is 2.31. The van der Waals surface area contributed by atoms with E-state index in [1.54, 1.807) is 22.6 Å². The normalized spacial score (nSPS) is 11.4. The molecule has 0 spiro atoms. The van der Waals surface area contributed by atoms with Crippen molar-refractivity contribution in [2.24, 2.45) is 5.73 Å². The van der Waals surface area contributed by atoms with Crippen molar-refractivity contribution in [2.45, 2.75) is 33.2 Å². The number of amides is 1. The lowest BCUT2D eigenvalue weighted by atomic mass is 10.1. The van der Waals surface area contributed by atoms with Crippen LogP contribution in [-0.4, -0.2) is 39.2 Å². The molecule has 1 unspecified atom stereocenters. The van der Waals surface area contributed by atoms with Crippen LogP contribution in [0.1, 0.15) is 24.6 Å². The summed E-state index contributed by atoms with van der Waals surface area (Å²) in [6, 6.07) is 10.9. The maximum atomic E-state index is 12.4. The van der Waals surface area contributed by atoms with Crippen LogP contribution in [0.15, 0.2) is 42.6 Å². The Morgan fingerprint density at radius 2 is 1.87 bits per heavy atom. The number of hydrogen-bond donors (Lipinski definition) is 3. The first kappa shape index (κ1) is 23.4. The molecule has 3 rings (SSSR count). The van der Waals surface area contributed by atoms with E-state index in [1.807, 2.05) is 69.7 Å². The number of nitrogens with two attached hydrogens (primary N) is 2. The third-order valence-electron chi connectivity index (χ3n) is 4.54. The fraction of sp³-hybridized carbons (Fsp3) is 0.318. The number of rotatable bonds is 5. The topological polar surface area (TPSA) is 112 Å². The number of nitrogens with zero attached hydrogens (tertiary/aromatic N) is 3. The number of aromatic nitrogens is 3. The van der Waals surface area contributed by atoms with Gasteiger partial charge in [0.2, 0.25) is 5.91 Å². The highest BCUT2D eigenvalue weighted by atomic mass is 32.2. The molecule has 0 radical (unpaired) electrons. The van der Waals surface area contributed by atoms with E-state index in [4.69, 9.17) is 16.6 Å². The smallest absolute Gasteiger partial charge is 0.242 e. The van der Waals surface area contributed by atoms with E-state index >= 15 is 0 Å². The number of para-hydroxylation sites is 1. The summed E-state index contributed by atoms with van der Waals surface area (Å²) >= 11 is 1.75. The van der Waals surface area contributed by atoms with E-state index in [0.717, 1.165) is 22.5 Å². The number of carbonyl (C=O) groups is 1. The predicted molar refractivity (Wildman–Crippen MR) is 127 cm³/mol. The molecule has 0 bridgehead atoms. The first-order valence-electron chi connectivity index (χ1n) is 9.68. The Hall–Kier alpha value is -2.84. The third kappa shape index (κ3) is 5.40. The van der Waals surface area contributed by atoms with E-state index in [9.17, 15) is 4.79 Å². The van der Waals surface area contributed by atoms with Crippen molar-refractivity contribution in [3.8, 4) is 16.9 Å². The number of benzene rings is 1. The lowest BCUT2D eigenvalue weighted by molar-refractivity contribution is -0.117. The van der Waals surface area contributed by atoms with Crippen LogP contribution in [0.3, 0.4) is 0 Å². The van der Waals surface area contributed by atoms with Gasteiger partial charge in [-0.05, 0) is 51.0 Å². The fourth-order valence-electron chi connectivity index (χ4n) is 2.75. The van der Waals surface area contributed by atoms with Crippen LogP contribution in [0.4, 0.5) is 11.5 Å². The number of aryl methyl sites for hydroxylation is 1. The molecule has 0 saturated heterocycles. The fourth-order valence-corrected chi connectivity index (χ4v) is 2.75. The van der Waals surface area contributed by atoms with Gasteiger partial charge in [-0.2, -0.15) is 16.9 Å².